The van der Waals surface area contributed by atoms with Crippen molar-refractivity contribution in [1.82, 2.24) is 24.6 Å². The largest absolute Gasteiger partial charge is 0.395 e. The van der Waals surface area contributed by atoms with Crippen LogP contribution >= 0.6 is 23.2 Å². The number of anilines is 1. The highest BCUT2D eigenvalue weighted by Crippen LogP contribution is 2.28. The van der Waals surface area contributed by atoms with Gasteiger partial charge in [-0.2, -0.15) is 5.10 Å². The summed E-state index contributed by atoms with van der Waals surface area (Å²) in [6.07, 6.45) is 3.35. The Balaban J connectivity index is 1.66. The lowest BCUT2D eigenvalue weighted by Gasteiger charge is -2.35. The normalized spacial score (nSPS) is 15.7. The van der Waals surface area contributed by atoms with E-state index in [1.165, 1.54) is 0 Å². The van der Waals surface area contributed by atoms with Gasteiger partial charge in [0.05, 0.1) is 33.9 Å². The predicted molar refractivity (Wildman–Crippen MR) is 102 cm³/mol. The zero-order chi connectivity index (χ0) is 18.1. The van der Waals surface area contributed by atoms with E-state index >= 15 is 0 Å². The van der Waals surface area contributed by atoms with Gasteiger partial charge in [0.1, 0.15) is 12.1 Å². The molecule has 2 aromatic heterocycles. The molecule has 9 heteroatoms. The molecule has 3 aromatic rings. The van der Waals surface area contributed by atoms with Gasteiger partial charge in [0.2, 0.25) is 0 Å². The molecule has 0 unspecified atom stereocenters. The number of β-amino-alcohol motifs (C(OH)–C–C–N with tert-alkyl or cyclic N) is 1. The van der Waals surface area contributed by atoms with Crippen LogP contribution in [0.1, 0.15) is 0 Å². The second kappa shape index (κ2) is 7.36. The van der Waals surface area contributed by atoms with Crippen LogP contribution in [0.3, 0.4) is 0 Å². The first kappa shape index (κ1) is 17.5. The fourth-order valence-corrected chi connectivity index (χ4v) is 3.51. The van der Waals surface area contributed by atoms with Crippen molar-refractivity contribution < 1.29 is 5.11 Å². The van der Waals surface area contributed by atoms with Gasteiger partial charge in [0.25, 0.3) is 0 Å². The standard InChI is InChI=1S/C17H18Cl2N6O/c18-14-2-1-12(9-15(14)19)25-17-13(10-22-25)16(20-11-21-17)24-5-3-23(4-6-24)7-8-26/h1-2,9-11,26H,3-8H2. The molecule has 0 saturated carbocycles. The number of aliphatic hydroxyl groups excluding tert-OH is 1. The highest BCUT2D eigenvalue weighted by Gasteiger charge is 2.21. The number of benzene rings is 1. The second-order valence-corrected chi connectivity index (χ2v) is 6.96. The molecule has 1 aliphatic heterocycles. The summed E-state index contributed by atoms with van der Waals surface area (Å²) in [5, 5.41) is 15.4. The van der Waals surface area contributed by atoms with E-state index in [0.717, 1.165) is 48.7 Å². The van der Waals surface area contributed by atoms with E-state index < -0.39 is 0 Å². The minimum Gasteiger partial charge on any atom is -0.395 e. The molecule has 1 saturated heterocycles. The van der Waals surface area contributed by atoms with Gasteiger partial charge in [-0.3, -0.25) is 4.90 Å². The molecule has 1 aliphatic rings. The van der Waals surface area contributed by atoms with Gasteiger partial charge in [-0.1, -0.05) is 23.2 Å². The van der Waals surface area contributed by atoms with Crippen LogP contribution in [-0.4, -0.2) is 69.1 Å². The number of fused-ring (bicyclic) bond motifs is 1. The SMILES string of the molecule is OCCN1CCN(c2ncnc3c2cnn3-c2ccc(Cl)c(Cl)c2)CC1. The summed E-state index contributed by atoms with van der Waals surface area (Å²) in [4.78, 5) is 13.4. The maximum atomic E-state index is 9.09. The third-order valence-electron chi connectivity index (χ3n) is 4.58. The van der Waals surface area contributed by atoms with E-state index in [0.29, 0.717) is 16.6 Å². The summed E-state index contributed by atoms with van der Waals surface area (Å²) >= 11 is 12.1. The molecule has 0 spiro atoms. The maximum absolute atomic E-state index is 9.09. The molecule has 1 fully saturated rings. The lowest BCUT2D eigenvalue weighted by Crippen LogP contribution is -2.47. The summed E-state index contributed by atoms with van der Waals surface area (Å²) in [5.41, 5.74) is 1.53. The van der Waals surface area contributed by atoms with Crippen LogP contribution in [0.4, 0.5) is 5.82 Å². The minimum atomic E-state index is 0.189. The van der Waals surface area contributed by atoms with Crippen LogP contribution in [0.2, 0.25) is 10.0 Å². The van der Waals surface area contributed by atoms with Gasteiger partial charge in [-0.25, -0.2) is 14.6 Å². The lowest BCUT2D eigenvalue weighted by molar-refractivity contribution is 0.188. The molecule has 1 aromatic carbocycles. The number of hydrogen-bond donors (Lipinski definition) is 1. The molecule has 0 bridgehead atoms. The average Bonchev–Trinajstić information content (AvgIpc) is 3.09. The molecule has 7 nitrogen and oxygen atoms in total. The molecule has 136 valence electrons. The molecular formula is C17H18Cl2N6O. The first-order valence-corrected chi connectivity index (χ1v) is 9.15. The zero-order valence-electron chi connectivity index (χ0n) is 14.0. The van der Waals surface area contributed by atoms with Gasteiger partial charge in [-0.05, 0) is 18.2 Å². The Labute approximate surface area is 160 Å². The number of aliphatic hydroxyl groups is 1. The molecule has 0 radical (unpaired) electrons. The van der Waals surface area contributed by atoms with Crippen LogP contribution in [0.25, 0.3) is 16.7 Å². The molecule has 0 atom stereocenters. The third-order valence-corrected chi connectivity index (χ3v) is 5.32. The molecule has 0 aliphatic carbocycles. The third kappa shape index (κ3) is 3.23. The van der Waals surface area contributed by atoms with Gasteiger partial charge in [0.15, 0.2) is 5.65 Å². The zero-order valence-corrected chi connectivity index (χ0v) is 15.5. The van der Waals surface area contributed by atoms with Crippen LogP contribution in [0.5, 0.6) is 0 Å². The van der Waals surface area contributed by atoms with E-state index in [4.69, 9.17) is 28.3 Å². The Kier molecular flexibility index (Phi) is 4.95. The van der Waals surface area contributed by atoms with Gasteiger partial charge in [-0.15, -0.1) is 0 Å². The Morgan fingerprint density at radius 1 is 1.04 bits per heavy atom. The smallest absolute Gasteiger partial charge is 0.168 e. The van der Waals surface area contributed by atoms with Crippen molar-refractivity contribution >= 4 is 40.1 Å². The van der Waals surface area contributed by atoms with Gasteiger partial charge in [0, 0.05) is 32.7 Å². The van der Waals surface area contributed by atoms with Crippen molar-refractivity contribution in [3.63, 3.8) is 0 Å². The van der Waals surface area contributed by atoms with Crippen molar-refractivity contribution in [2.24, 2.45) is 0 Å². The molecule has 0 amide bonds. The van der Waals surface area contributed by atoms with Crippen molar-refractivity contribution in [1.29, 1.82) is 0 Å². The number of halogens is 2. The first-order chi connectivity index (χ1) is 12.7. The summed E-state index contributed by atoms with van der Waals surface area (Å²) in [6, 6.07) is 5.37. The fraction of sp³-hybridized carbons (Fsp3) is 0.353. The monoisotopic (exact) mass is 392 g/mol. The van der Waals surface area contributed by atoms with Crippen LogP contribution in [0.15, 0.2) is 30.7 Å². The topological polar surface area (TPSA) is 70.3 Å². The second-order valence-electron chi connectivity index (χ2n) is 6.14. The quantitative estimate of drug-likeness (QED) is 0.733. The summed E-state index contributed by atoms with van der Waals surface area (Å²) in [5.74, 6) is 0.880. The van der Waals surface area contributed by atoms with E-state index in [1.807, 2.05) is 6.07 Å². The molecule has 4 rings (SSSR count). The number of hydrogen-bond acceptors (Lipinski definition) is 6. The van der Waals surface area contributed by atoms with Crippen LogP contribution in [0, 0.1) is 0 Å². The fourth-order valence-electron chi connectivity index (χ4n) is 3.21. The number of rotatable bonds is 4. The van der Waals surface area contributed by atoms with Crippen molar-refractivity contribution in [3.8, 4) is 5.69 Å². The maximum Gasteiger partial charge on any atom is 0.168 e. The average molecular weight is 393 g/mol. The highest BCUT2D eigenvalue weighted by molar-refractivity contribution is 6.42. The Morgan fingerprint density at radius 3 is 2.58 bits per heavy atom. The molecule has 3 heterocycles. The predicted octanol–water partition coefficient (Wildman–Crippen LogP) is 2.24. The van der Waals surface area contributed by atoms with E-state index in [-0.39, 0.29) is 6.61 Å². The number of nitrogens with zero attached hydrogens (tertiary/aromatic N) is 6. The van der Waals surface area contributed by atoms with Crippen LogP contribution < -0.4 is 4.90 Å². The highest BCUT2D eigenvalue weighted by atomic mass is 35.5. The van der Waals surface area contributed by atoms with Crippen molar-refractivity contribution in [2.75, 3.05) is 44.2 Å². The minimum absolute atomic E-state index is 0.189. The Bertz CT molecular complexity index is 923. The lowest BCUT2D eigenvalue weighted by atomic mass is 10.2. The number of piperazine rings is 1. The Morgan fingerprint density at radius 2 is 1.85 bits per heavy atom. The number of aromatic nitrogens is 4. The molecule has 1 N–H and O–H groups in total. The van der Waals surface area contributed by atoms with Crippen molar-refractivity contribution in [3.05, 3.63) is 40.8 Å². The summed E-state index contributed by atoms with van der Waals surface area (Å²) < 4.78 is 1.74. The van der Waals surface area contributed by atoms with E-state index in [9.17, 15) is 0 Å². The van der Waals surface area contributed by atoms with Gasteiger partial charge < -0.3 is 10.0 Å². The van der Waals surface area contributed by atoms with Crippen molar-refractivity contribution in [2.45, 2.75) is 0 Å². The molecular weight excluding hydrogens is 375 g/mol. The summed E-state index contributed by atoms with van der Waals surface area (Å²) in [6.45, 7) is 4.39. The first-order valence-electron chi connectivity index (χ1n) is 8.39. The van der Waals surface area contributed by atoms with E-state index in [1.54, 1.807) is 29.3 Å². The Hall–Kier alpha value is -1.93. The van der Waals surface area contributed by atoms with Gasteiger partial charge >= 0.3 is 0 Å². The summed E-state index contributed by atoms with van der Waals surface area (Å²) in [7, 11) is 0. The van der Waals surface area contributed by atoms with Crippen LogP contribution in [-0.2, 0) is 0 Å². The van der Waals surface area contributed by atoms with E-state index in [2.05, 4.69) is 24.9 Å². The molecule has 26 heavy (non-hydrogen) atoms.